The van der Waals surface area contributed by atoms with Gasteiger partial charge < -0.3 is 10.5 Å². The highest BCUT2D eigenvalue weighted by molar-refractivity contribution is 6.28. The Balaban J connectivity index is 1.92. The third-order valence-electron chi connectivity index (χ3n) is 4.68. The highest BCUT2D eigenvalue weighted by Gasteiger charge is 2.46. The van der Waals surface area contributed by atoms with Crippen molar-refractivity contribution < 1.29 is 23.5 Å². The van der Waals surface area contributed by atoms with Gasteiger partial charge in [0.05, 0.1) is 11.5 Å². The van der Waals surface area contributed by atoms with E-state index in [1.165, 1.54) is 24.3 Å². The molecule has 0 saturated carbocycles. The van der Waals surface area contributed by atoms with E-state index in [0.717, 1.165) is 12.1 Å². The molecule has 0 radical (unpaired) electrons. The number of rotatable bonds is 2. The Bertz CT molecular complexity index is 1170. The van der Waals surface area contributed by atoms with Crippen LogP contribution in [0.4, 0.5) is 4.39 Å². The lowest BCUT2D eigenvalue weighted by Gasteiger charge is -2.29. The monoisotopic (exact) mass is 374 g/mol. The van der Waals surface area contributed by atoms with Crippen molar-refractivity contribution in [3.05, 3.63) is 93.8 Å². The quantitative estimate of drug-likeness (QED) is 0.809. The van der Waals surface area contributed by atoms with Gasteiger partial charge in [0.1, 0.15) is 17.5 Å². The van der Waals surface area contributed by atoms with Crippen LogP contribution in [0.2, 0.25) is 0 Å². The summed E-state index contributed by atoms with van der Waals surface area (Å²) < 4.78 is 18.5. The van der Waals surface area contributed by atoms with E-state index in [1.54, 1.807) is 18.2 Å². The number of nitriles is 1. The zero-order valence-electron chi connectivity index (χ0n) is 14.2. The molecule has 0 saturated heterocycles. The number of hydrogen-bond acceptors (Lipinski definition) is 6. The van der Waals surface area contributed by atoms with Crippen LogP contribution in [0.3, 0.4) is 0 Å². The van der Waals surface area contributed by atoms with Gasteiger partial charge >= 0.3 is 0 Å². The maximum absolute atomic E-state index is 13.2. The van der Waals surface area contributed by atoms with Crippen molar-refractivity contribution in [2.75, 3.05) is 0 Å². The molecule has 1 atom stereocenters. The van der Waals surface area contributed by atoms with Gasteiger partial charge in [-0.15, -0.1) is 0 Å². The maximum Gasteiger partial charge on any atom is 0.229 e. The number of fused-ring (bicyclic) bond motifs is 1. The van der Waals surface area contributed by atoms with E-state index in [4.69, 9.17) is 10.5 Å². The molecule has 136 valence electrons. The normalized spacial score (nSPS) is 18.2. The van der Waals surface area contributed by atoms with Gasteiger partial charge in [-0.05, 0) is 24.3 Å². The lowest BCUT2D eigenvalue weighted by Crippen LogP contribution is -2.36. The maximum atomic E-state index is 13.2. The summed E-state index contributed by atoms with van der Waals surface area (Å²) >= 11 is 0. The van der Waals surface area contributed by atoms with E-state index < -0.39 is 35.0 Å². The van der Waals surface area contributed by atoms with Crippen LogP contribution in [0.25, 0.3) is 0 Å². The number of ketones is 3. The average molecular weight is 374 g/mol. The molecule has 0 fully saturated rings. The average Bonchev–Trinajstić information content (AvgIpc) is 2.71. The van der Waals surface area contributed by atoms with Crippen LogP contribution in [-0.2, 0) is 4.74 Å². The fourth-order valence-corrected chi connectivity index (χ4v) is 3.35. The topological polar surface area (TPSA) is 110 Å². The molecule has 0 bridgehead atoms. The molecule has 0 spiro atoms. The second-order valence-electron chi connectivity index (χ2n) is 6.24. The number of benzene rings is 2. The van der Waals surface area contributed by atoms with E-state index in [2.05, 4.69) is 0 Å². The molecule has 0 aromatic heterocycles. The van der Waals surface area contributed by atoms with Crippen LogP contribution in [-0.4, -0.2) is 17.3 Å². The van der Waals surface area contributed by atoms with Gasteiger partial charge in [0.15, 0.2) is 17.3 Å². The smallest absolute Gasteiger partial charge is 0.229 e. The van der Waals surface area contributed by atoms with Gasteiger partial charge in [0.25, 0.3) is 0 Å². The third kappa shape index (κ3) is 2.43. The molecule has 7 heteroatoms. The zero-order valence-corrected chi connectivity index (χ0v) is 14.2. The van der Waals surface area contributed by atoms with E-state index in [9.17, 15) is 24.0 Å². The molecule has 2 N–H and O–H groups in total. The molecule has 1 unspecified atom stereocenters. The molecule has 1 aliphatic carbocycles. The highest BCUT2D eigenvalue weighted by Crippen LogP contribution is 2.40. The minimum Gasteiger partial charge on any atom is -0.436 e. The van der Waals surface area contributed by atoms with Crippen LogP contribution in [0.5, 0.6) is 0 Å². The fourth-order valence-electron chi connectivity index (χ4n) is 3.35. The second-order valence-corrected chi connectivity index (χ2v) is 6.24. The SMILES string of the molecule is N#CC1=C(N)OC2=C(C(=O)c3ccccc3C2=O)C1C(=O)c1ccc(F)cc1. The Kier molecular flexibility index (Phi) is 3.90. The molecule has 28 heavy (non-hydrogen) atoms. The highest BCUT2D eigenvalue weighted by atomic mass is 19.1. The summed E-state index contributed by atoms with van der Waals surface area (Å²) in [7, 11) is 0. The van der Waals surface area contributed by atoms with E-state index >= 15 is 0 Å². The summed E-state index contributed by atoms with van der Waals surface area (Å²) in [6.07, 6.45) is 0. The molecular weight excluding hydrogens is 363 g/mol. The van der Waals surface area contributed by atoms with E-state index in [-0.39, 0.29) is 33.6 Å². The number of carbonyl (C=O) groups excluding carboxylic acids is 3. The molecule has 4 rings (SSSR count). The van der Waals surface area contributed by atoms with Crippen LogP contribution in [0.1, 0.15) is 31.1 Å². The van der Waals surface area contributed by atoms with Crippen molar-refractivity contribution in [2.24, 2.45) is 11.7 Å². The molecule has 2 aromatic carbocycles. The summed E-state index contributed by atoms with van der Waals surface area (Å²) in [5, 5.41) is 9.51. The van der Waals surface area contributed by atoms with Gasteiger partial charge in [-0.1, -0.05) is 24.3 Å². The molecule has 1 heterocycles. The Labute approximate surface area is 158 Å². The van der Waals surface area contributed by atoms with Crippen LogP contribution in [0, 0.1) is 23.1 Å². The van der Waals surface area contributed by atoms with Crippen molar-refractivity contribution in [3.8, 4) is 6.07 Å². The summed E-state index contributed by atoms with van der Waals surface area (Å²) in [4.78, 5) is 39.0. The number of hydrogen-bond donors (Lipinski definition) is 1. The van der Waals surface area contributed by atoms with Gasteiger partial charge in [0.2, 0.25) is 11.7 Å². The molecule has 6 nitrogen and oxygen atoms in total. The number of halogens is 1. The molecule has 0 amide bonds. The zero-order chi connectivity index (χ0) is 20.0. The number of nitrogens with zero attached hydrogens (tertiary/aromatic N) is 1. The number of ether oxygens (including phenoxy) is 1. The molecule has 1 aliphatic heterocycles. The first-order valence-electron chi connectivity index (χ1n) is 8.24. The molecule has 2 aliphatic rings. The third-order valence-corrected chi connectivity index (χ3v) is 4.68. The Morgan fingerprint density at radius 2 is 1.64 bits per heavy atom. The first kappa shape index (κ1) is 17.4. The van der Waals surface area contributed by atoms with Crippen molar-refractivity contribution in [3.63, 3.8) is 0 Å². The van der Waals surface area contributed by atoms with Gasteiger partial charge in [-0.2, -0.15) is 5.26 Å². The van der Waals surface area contributed by atoms with Crippen LogP contribution in [0.15, 0.2) is 71.3 Å². The van der Waals surface area contributed by atoms with Crippen molar-refractivity contribution in [2.45, 2.75) is 0 Å². The first-order valence-corrected chi connectivity index (χ1v) is 8.24. The van der Waals surface area contributed by atoms with Gasteiger partial charge in [-0.3, -0.25) is 14.4 Å². The fraction of sp³-hybridized carbons (Fsp3) is 0.0476. The largest absolute Gasteiger partial charge is 0.436 e. The summed E-state index contributed by atoms with van der Waals surface area (Å²) in [5.74, 6) is -4.58. The number of allylic oxidation sites excluding steroid dienone is 3. The number of carbonyl (C=O) groups is 3. The number of Topliss-reactive ketones (excluding diaryl/α,β-unsaturated/α-hetero) is 3. The Morgan fingerprint density at radius 3 is 2.25 bits per heavy atom. The van der Waals surface area contributed by atoms with Crippen LogP contribution < -0.4 is 5.73 Å². The minimum atomic E-state index is -1.41. The van der Waals surface area contributed by atoms with Crippen molar-refractivity contribution in [1.82, 2.24) is 0 Å². The summed E-state index contributed by atoms with van der Waals surface area (Å²) in [6.45, 7) is 0. The lowest BCUT2D eigenvalue weighted by molar-refractivity contribution is 0.0853. The Morgan fingerprint density at radius 1 is 1.04 bits per heavy atom. The predicted octanol–water partition coefficient (Wildman–Crippen LogP) is 2.68. The van der Waals surface area contributed by atoms with Crippen molar-refractivity contribution in [1.29, 1.82) is 5.26 Å². The molecule has 2 aromatic rings. The second kappa shape index (κ2) is 6.28. The summed E-state index contributed by atoms with van der Waals surface area (Å²) in [6, 6.07) is 12.6. The predicted molar refractivity (Wildman–Crippen MR) is 94.3 cm³/mol. The molecular formula is C21H11FN2O4. The first-order chi connectivity index (χ1) is 13.4. The van der Waals surface area contributed by atoms with Gasteiger partial charge in [-0.25, -0.2) is 4.39 Å². The van der Waals surface area contributed by atoms with E-state index in [1.807, 2.05) is 0 Å². The van der Waals surface area contributed by atoms with Crippen LogP contribution >= 0.6 is 0 Å². The van der Waals surface area contributed by atoms with Gasteiger partial charge in [0, 0.05) is 16.7 Å². The number of nitrogens with two attached hydrogens (primary N) is 1. The standard InChI is InChI=1S/C21H11FN2O4/c22-11-7-5-10(6-8-11)17(25)15-14(9-23)21(24)28-20-16(15)18(26)12-3-1-2-4-13(12)19(20)27/h1-8,15H,24H2. The summed E-state index contributed by atoms with van der Waals surface area (Å²) in [5.41, 5.74) is 5.59. The Hall–Kier alpha value is -4.05. The lowest BCUT2D eigenvalue weighted by atomic mass is 9.75. The van der Waals surface area contributed by atoms with E-state index in [0.29, 0.717) is 0 Å². The van der Waals surface area contributed by atoms with Crippen molar-refractivity contribution >= 4 is 17.3 Å². The minimum absolute atomic E-state index is 0.0693.